The largest absolute Gasteiger partial charge is 0.226 e. The zero-order chi connectivity index (χ0) is 9.97. The van der Waals surface area contributed by atoms with E-state index in [1.807, 2.05) is 35.8 Å². The molecule has 2 aromatic carbocycles. The van der Waals surface area contributed by atoms with E-state index in [1.54, 1.807) is 0 Å². The molecule has 0 radical (unpaired) electrons. The molecule has 0 aliphatic rings. The molecule has 2 heteroatoms. The lowest BCUT2D eigenvalue weighted by Gasteiger charge is -2.01. The highest BCUT2D eigenvalue weighted by molar-refractivity contribution is 8.13. The Kier molecular flexibility index (Phi) is 2.49. The maximum atomic E-state index is 10.5. The Labute approximate surface area is 85.3 Å². The zero-order valence-corrected chi connectivity index (χ0v) is 8.67. The smallest absolute Gasteiger partial charge is 0.160 e. The Morgan fingerprint density at radius 1 is 1.07 bits per heavy atom. The second-order valence-corrected chi connectivity index (χ2v) is 4.76. The molecule has 0 saturated heterocycles. The van der Waals surface area contributed by atoms with Gasteiger partial charge in [0.05, 0.1) is 0 Å². The van der Waals surface area contributed by atoms with Gasteiger partial charge in [0.1, 0.15) is 0 Å². The molecule has 0 fully saturated rings. The highest BCUT2D eigenvalue weighted by atomic mass is 32.2. The Hall–Kier alpha value is -1.37. The summed E-state index contributed by atoms with van der Waals surface area (Å²) in [5.41, 5.74) is 0. The fraction of sp³-hybridized carbons (Fsp3) is 0.0833. The Balaban J connectivity index is 2.68. The molecule has 14 heavy (non-hydrogen) atoms. The highest BCUT2D eigenvalue weighted by Gasteiger charge is 1.96. The van der Waals surface area contributed by atoms with Gasteiger partial charge in [-0.1, -0.05) is 40.8 Å². The van der Waals surface area contributed by atoms with Gasteiger partial charge in [0.25, 0.3) is 0 Å². The van der Waals surface area contributed by atoms with Gasteiger partial charge in [-0.3, -0.25) is 0 Å². The first-order valence-corrected chi connectivity index (χ1v) is 5.97. The molecule has 0 aliphatic carbocycles. The standard InChI is InChI=1S/C12H10OS/c1-14(9-13)12-7-6-10-4-2-3-5-11(10)8-12/h2-8H,1H3. The summed E-state index contributed by atoms with van der Waals surface area (Å²) in [5, 5.41) is 4.41. The van der Waals surface area contributed by atoms with Gasteiger partial charge >= 0.3 is 0 Å². The molecule has 70 valence electrons. The molecule has 1 nitrogen and oxygen atoms in total. The van der Waals surface area contributed by atoms with Crippen LogP contribution in [0.25, 0.3) is 10.8 Å². The maximum Gasteiger partial charge on any atom is 0.160 e. The minimum Gasteiger partial charge on any atom is -0.226 e. The molecule has 2 rings (SSSR count). The van der Waals surface area contributed by atoms with Gasteiger partial charge < -0.3 is 0 Å². The highest BCUT2D eigenvalue weighted by Crippen LogP contribution is 2.25. The first-order chi connectivity index (χ1) is 6.81. The van der Waals surface area contributed by atoms with E-state index in [-0.39, 0.29) is 0 Å². The third-order valence-corrected chi connectivity index (χ3v) is 3.41. The maximum absolute atomic E-state index is 10.5. The van der Waals surface area contributed by atoms with Crippen LogP contribution < -0.4 is 0 Å². The van der Waals surface area contributed by atoms with Crippen molar-refractivity contribution in [3.05, 3.63) is 42.5 Å². The summed E-state index contributed by atoms with van der Waals surface area (Å²) >= 11 is 0. The Morgan fingerprint density at radius 2 is 1.79 bits per heavy atom. The van der Waals surface area contributed by atoms with Crippen LogP contribution in [-0.4, -0.2) is 11.5 Å². The lowest BCUT2D eigenvalue weighted by molar-refractivity contribution is 0.572. The third-order valence-electron chi connectivity index (χ3n) is 2.20. The van der Waals surface area contributed by atoms with Crippen molar-refractivity contribution in [1.29, 1.82) is 0 Å². The fourth-order valence-electron chi connectivity index (χ4n) is 1.41. The SMILES string of the molecule is CS(=C=O)c1ccc2ccccc2c1. The minimum atomic E-state index is -0.402. The molecule has 0 spiro atoms. The van der Waals surface area contributed by atoms with E-state index in [0.717, 1.165) is 4.90 Å². The van der Waals surface area contributed by atoms with E-state index < -0.39 is 10.5 Å². The molecule has 2 aromatic rings. The molecular weight excluding hydrogens is 192 g/mol. The van der Waals surface area contributed by atoms with E-state index in [9.17, 15) is 4.79 Å². The van der Waals surface area contributed by atoms with E-state index >= 15 is 0 Å². The molecule has 0 amide bonds. The van der Waals surface area contributed by atoms with Gasteiger partial charge in [-0.2, -0.15) is 0 Å². The monoisotopic (exact) mass is 202 g/mol. The average Bonchev–Trinajstić information content (AvgIpc) is 2.27. The summed E-state index contributed by atoms with van der Waals surface area (Å²) in [7, 11) is -0.402. The van der Waals surface area contributed by atoms with Crippen molar-refractivity contribution < 1.29 is 4.79 Å². The molecular formula is C12H10OS. The minimum absolute atomic E-state index is 0.402. The number of hydrogen-bond donors (Lipinski definition) is 0. The van der Waals surface area contributed by atoms with E-state index in [0.29, 0.717) is 0 Å². The quantitative estimate of drug-likeness (QED) is 0.649. The molecule has 0 heterocycles. The molecule has 0 N–H and O–H groups in total. The van der Waals surface area contributed by atoms with E-state index in [2.05, 4.69) is 18.2 Å². The fourth-order valence-corrected chi connectivity index (χ4v) is 2.08. The number of rotatable bonds is 1. The summed E-state index contributed by atoms with van der Waals surface area (Å²) in [5.74, 6) is 0. The molecule has 0 saturated carbocycles. The van der Waals surface area contributed by atoms with Crippen LogP contribution in [0, 0.1) is 0 Å². The van der Waals surface area contributed by atoms with Crippen molar-refractivity contribution in [2.45, 2.75) is 4.90 Å². The zero-order valence-electron chi connectivity index (χ0n) is 7.86. The predicted octanol–water partition coefficient (Wildman–Crippen LogP) is 3.16. The number of benzene rings is 2. The van der Waals surface area contributed by atoms with Gasteiger partial charge in [-0.25, -0.2) is 4.79 Å². The van der Waals surface area contributed by atoms with E-state index in [4.69, 9.17) is 0 Å². The first-order valence-electron chi connectivity index (χ1n) is 4.34. The molecule has 0 bridgehead atoms. The Bertz CT molecular complexity index is 525. The van der Waals surface area contributed by atoms with E-state index in [1.165, 1.54) is 10.8 Å². The molecule has 0 aliphatic heterocycles. The molecule has 1 unspecified atom stereocenters. The molecule has 1 atom stereocenters. The van der Waals surface area contributed by atoms with Crippen LogP contribution in [0.3, 0.4) is 0 Å². The summed E-state index contributed by atoms with van der Waals surface area (Å²) in [4.78, 5) is 11.6. The summed E-state index contributed by atoms with van der Waals surface area (Å²) in [6.07, 6.45) is 1.89. The second-order valence-electron chi connectivity index (χ2n) is 3.10. The number of fused-ring (bicyclic) bond motifs is 1. The predicted molar refractivity (Wildman–Crippen MR) is 61.4 cm³/mol. The topological polar surface area (TPSA) is 17.1 Å². The Morgan fingerprint density at radius 3 is 2.50 bits per heavy atom. The van der Waals surface area contributed by atoms with Crippen molar-refractivity contribution in [2.24, 2.45) is 0 Å². The van der Waals surface area contributed by atoms with Crippen LogP contribution in [0.1, 0.15) is 0 Å². The second kappa shape index (κ2) is 3.79. The summed E-state index contributed by atoms with van der Waals surface area (Å²) in [6, 6.07) is 14.2. The van der Waals surface area contributed by atoms with Gasteiger partial charge in [-0.15, -0.1) is 0 Å². The lowest BCUT2D eigenvalue weighted by atomic mass is 10.1. The lowest BCUT2D eigenvalue weighted by Crippen LogP contribution is -1.75. The van der Waals surface area contributed by atoms with Gasteiger partial charge in [0.2, 0.25) is 0 Å². The summed E-state index contributed by atoms with van der Waals surface area (Å²) in [6.45, 7) is 0. The first kappa shape index (κ1) is 9.20. The van der Waals surface area contributed by atoms with Crippen LogP contribution in [0.5, 0.6) is 0 Å². The van der Waals surface area contributed by atoms with Crippen molar-refractivity contribution >= 4 is 26.5 Å². The van der Waals surface area contributed by atoms with Crippen LogP contribution in [0.15, 0.2) is 47.4 Å². The van der Waals surface area contributed by atoms with Gasteiger partial charge in [-0.05, 0) is 29.2 Å². The summed E-state index contributed by atoms with van der Waals surface area (Å²) < 4.78 is 0. The normalized spacial score (nSPS) is 12.4. The van der Waals surface area contributed by atoms with Crippen LogP contribution in [0.2, 0.25) is 0 Å². The third kappa shape index (κ3) is 1.63. The van der Waals surface area contributed by atoms with Gasteiger partial charge in [0, 0.05) is 4.90 Å². The van der Waals surface area contributed by atoms with Crippen molar-refractivity contribution in [3.8, 4) is 0 Å². The number of carbonyl (C=O) groups excluding carboxylic acids is 1. The average molecular weight is 202 g/mol. The van der Waals surface area contributed by atoms with Crippen LogP contribution in [-0.2, 0) is 4.79 Å². The van der Waals surface area contributed by atoms with Crippen molar-refractivity contribution in [3.63, 3.8) is 0 Å². The van der Waals surface area contributed by atoms with Crippen molar-refractivity contribution in [2.75, 3.05) is 6.26 Å². The van der Waals surface area contributed by atoms with Crippen LogP contribution >= 0.6 is 10.5 Å². The number of hydrogen-bond acceptors (Lipinski definition) is 1. The van der Waals surface area contributed by atoms with Crippen molar-refractivity contribution in [1.82, 2.24) is 0 Å². The van der Waals surface area contributed by atoms with Crippen LogP contribution in [0.4, 0.5) is 0 Å². The molecule has 0 aromatic heterocycles. The van der Waals surface area contributed by atoms with Gasteiger partial charge in [0.15, 0.2) is 5.23 Å².